The van der Waals surface area contributed by atoms with E-state index in [0.29, 0.717) is 5.56 Å². The summed E-state index contributed by atoms with van der Waals surface area (Å²) >= 11 is 0. The molecule has 1 aromatic rings. The predicted octanol–water partition coefficient (Wildman–Crippen LogP) is -2.38. The van der Waals surface area contributed by atoms with Crippen LogP contribution in [0, 0.1) is 0 Å². The zero-order valence-electron chi connectivity index (χ0n) is 15.9. The van der Waals surface area contributed by atoms with Crippen molar-refractivity contribution in [2.45, 2.75) is 37.9 Å². The van der Waals surface area contributed by atoms with E-state index in [9.17, 15) is 29.1 Å². The number of aliphatic carboxylic acids is 1. The SMILES string of the molecule is CC(NC(=O)C(CC(N)=O)NC(=O)CN)C(=O)NC(Cc1ccccc1)C(=O)O. The summed E-state index contributed by atoms with van der Waals surface area (Å²) in [6, 6.07) is 5.07. The third-order valence-electron chi connectivity index (χ3n) is 3.89. The van der Waals surface area contributed by atoms with Gasteiger partial charge in [0.1, 0.15) is 18.1 Å². The molecule has 3 unspecified atom stereocenters. The molecule has 11 heteroatoms. The van der Waals surface area contributed by atoms with Gasteiger partial charge >= 0.3 is 5.97 Å². The van der Waals surface area contributed by atoms with Gasteiger partial charge in [0.2, 0.25) is 23.6 Å². The summed E-state index contributed by atoms with van der Waals surface area (Å²) < 4.78 is 0. The maximum Gasteiger partial charge on any atom is 0.326 e. The summed E-state index contributed by atoms with van der Waals surface area (Å²) in [4.78, 5) is 58.6. The van der Waals surface area contributed by atoms with E-state index in [1.165, 1.54) is 6.92 Å². The number of benzene rings is 1. The molecule has 0 heterocycles. The molecule has 0 fully saturated rings. The molecule has 0 spiro atoms. The van der Waals surface area contributed by atoms with Gasteiger partial charge in [-0.3, -0.25) is 19.2 Å². The maximum atomic E-state index is 12.3. The highest BCUT2D eigenvalue weighted by molar-refractivity contribution is 5.95. The van der Waals surface area contributed by atoms with Crippen molar-refractivity contribution in [3.63, 3.8) is 0 Å². The van der Waals surface area contributed by atoms with Crippen LogP contribution in [0.3, 0.4) is 0 Å². The number of hydrogen-bond donors (Lipinski definition) is 6. The van der Waals surface area contributed by atoms with Crippen molar-refractivity contribution in [2.24, 2.45) is 11.5 Å². The van der Waals surface area contributed by atoms with Gasteiger partial charge in [-0.25, -0.2) is 4.79 Å². The van der Waals surface area contributed by atoms with Gasteiger partial charge in [-0.15, -0.1) is 0 Å². The average molecular weight is 407 g/mol. The molecular weight excluding hydrogens is 382 g/mol. The summed E-state index contributed by atoms with van der Waals surface area (Å²) in [6.07, 6.45) is -0.433. The highest BCUT2D eigenvalue weighted by Gasteiger charge is 2.28. The van der Waals surface area contributed by atoms with Crippen LogP contribution in [-0.2, 0) is 30.4 Å². The van der Waals surface area contributed by atoms with Crippen molar-refractivity contribution in [3.8, 4) is 0 Å². The van der Waals surface area contributed by atoms with Crippen LogP contribution in [0.15, 0.2) is 30.3 Å². The second kappa shape index (κ2) is 11.4. The Morgan fingerprint density at radius 1 is 0.966 bits per heavy atom. The molecule has 4 amide bonds. The van der Waals surface area contributed by atoms with E-state index < -0.39 is 60.7 Å². The van der Waals surface area contributed by atoms with Gasteiger partial charge in [0.25, 0.3) is 0 Å². The van der Waals surface area contributed by atoms with E-state index in [1.54, 1.807) is 30.3 Å². The summed E-state index contributed by atoms with van der Waals surface area (Å²) in [7, 11) is 0. The fourth-order valence-electron chi connectivity index (χ4n) is 2.39. The number of nitrogens with one attached hydrogen (secondary N) is 3. The van der Waals surface area contributed by atoms with Gasteiger partial charge < -0.3 is 32.5 Å². The van der Waals surface area contributed by atoms with Crippen molar-refractivity contribution in [3.05, 3.63) is 35.9 Å². The predicted molar refractivity (Wildman–Crippen MR) is 102 cm³/mol. The second-order valence-corrected chi connectivity index (χ2v) is 6.31. The normalized spacial score (nSPS) is 13.4. The van der Waals surface area contributed by atoms with E-state index in [1.807, 2.05) is 0 Å². The van der Waals surface area contributed by atoms with Crippen LogP contribution in [0.1, 0.15) is 18.9 Å². The Labute approximate surface area is 167 Å². The Morgan fingerprint density at radius 2 is 1.59 bits per heavy atom. The topological polar surface area (TPSA) is 194 Å². The first kappa shape index (κ1) is 23.6. The number of carboxylic acid groups (broad SMARTS) is 1. The lowest BCUT2D eigenvalue weighted by Crippen LogP contribution is -2.56. The van der Waals surface area contributed by atoms with E-state index in [2.05, 4.69) is 16.0 Å². The van der Waals surface area contributed by atoms with E-state index in [-0.39, 0.29) is 6.42 Å². The number of carbonyl (C=O) groups excluding carboxylic acids is 4. The Kier molecular flexibility index (Phi) is 9.26. The van der Waals surface area contributed by atoms with Crippen molar-refractivity contribution >= 4 is 29.6 Å². The van der Waals surface area contributed by atoms with Crippen molar-refractivity contribution in [1.29, 1.82) is 0 Å². The highest BCUT2D eigenvalue weighted by Crippen LogP contribution is 2.04. The minimum Gasteiger partial charge on any atom is -0.480 e. The second-order valence-electron chi connectivity index (χ2n) is 6.31. The molecule has 1 rings (SSSR count). The number of rotatable bonds is 11. The minimum atomic E-state index is -1.31. The molecule has 0 aromatic heterocycles. The van der Waals surface area contributed by atoms with E-state index in [4.69, 9.17) is 11.5 Å². The van der Waals surface area contributed by atoms with Crippen LogP contribution in [0.5, 0.6) is 0 Å². The first-order chi connectivity index (χ1) is 13.6. The zero-order valence-corrected chi connectivity index (χ0v) is 15.9. The largest absolute Gasteiger partial charge is 0.480 e. The quantitative estimate of drug-likeness (QED) is 0.236. The van der Waals surface area contributed by atoms with Crippen molar-refractivity contribution in [1.82, 2.24) is 16.0 Å². The van der Waals surface area contributed by atoms with Gasteiger partial charge in [-0.05, 0) is 12.5 Å². The summed E-state index contributed by atoms with van der Waals surface area (Å²) in [5.41, 5.74) is 10.9. The highest BCUT2D eigenvalue weighted by atomic mass is 16.4. The van der Waals surface area contributed by atoms with E-state index >= 15 is 0 Å². The minimum absolute atomic E-state index is 0.0550. The molecule has 0 saturated heterocycles. The molecule has 8 N–H and O–H groups in total. The molecule has 1 aromatic carbocycles. The van der Waals surface area contributed by atoms with Crippen LogP contribution in [-0.4, -0.2) is 59.4 Å². The average Bonchev–Trinajstić information content (AvgIpc) is 2.66. The Bertz CT molecular complexity index is 754. The van der Waals surface area contributed by atoms with Crippen LogP contribution < -0.4 is 27.4 Å². The molecule has 0 aliphatic carbocycles. The van der Waals surface area contributed by atoms with Crippen molar-refractivity contribution < 1.29 is 29.1 Å². The third-order valence-corrected chi connectivity index (χ3v) is 3.89. The van der Waals surface area contributed by atoms with Crippen LogP contribution in [0.4, 0.5) is 0 Å². The van der Waals surface area contributed by atoms with Gasteiger partial charge in [0.05, 0.1) is 13.0 Å². The zero-order chi connectivity index (χ0) is 22.0. The van der Waals surface area contributed by atoms with Crippen LogP contribution in [0.2, 0.25) is 0 Å². The van der Waals surface area contributed by atoms with Gasteiger partial charge in [0.15, 0.2) is 0 Å². The molecule has 158 valence electrons. The summed E-state index contributed by atoms with van der Waals surface area (Å²) in [5, 5.41) is 16.2. The van der Waals surface area contributed by atoms with Crippen LogP contribution in [0.25, 0.3) is 0 Å². The number of amides is 4. The number of hydrogen-bond acceptors (Lipinski definition) is 6. The van der Waals surface area contributed by atoms with Gasteiger partial charge in [0, 0.05) is 6.42 Å². The number of carbonyl (C=O) groups is 5. The molecule has 3 atom stereocenters. The number of carboxylic acids is 1. The summed E-state index contributed by atoms with van der Waals surface area (Å²) in [5.74, 6) is -4.33. The fourth-order valence-corrected chi connectivity index (χ4v) is 2.39. The Balaban J connectivity index is 2.73. The molecular formula is C18H25N5O6. The van der Waals surface area contributed by atoms with E-state index in [0.717, 1.165) is 0 Å². The lowest BCUT2D eigenvalue weighted by Gasteiger charge is -2.22. The number of primary amides is 1. The van der Waals surface area contributed by atoms with Gasteiger partial charge in [-0.1, -0.05) is 30.3 Å². The monoisotopic (exact) mass is 407 g/mol. The smallest absolute Gasteiger partial charge is 0.326 e. The fraction of sp³-hybridized carbons (Fsp3) is 0.389. The standard InChI is InChI=1S/C18H25N5O6/c1-10(21-17(27)12(8-14(20)24)22-15(25)9-19)16(26)23-13(18(28)29)7-11-5-3-2-4-6-11/h2-6,10,12-13H,7-9,19H2,1H3,(H2,20,24)(H,21,27)(H,22,25)(H,23,26)(H,28,29). The molecule has 0 bridgehead atoms. The third kappa shape index (κ3) is 8.39. The molecule has 0 saturated carbocycles. The first-order valence-electron chi connectivity index (χ1n) is 8.79. The Morgan fingerprint density at radius 3 is 2.10 bits per heavy atom. The van der Waals surface area contributed by atoms with Crippen molar-refractivity contribution in [2.75, 3.05) is 6.54 Å². The lowest BCUT2D eigenvalue weighted by molar-refractivity contribution is -0.142. The summed E-state index contributed by atoms with van der Waals surface area (Å²) in [6.45, 7) is 0.930. The van der Waals surface area contributed by atoms with Gasteiger partial charge in [-0.2, -0.15) is 0 Å². The maximum absolute atomic E-state index is 12.3. The first-order valence-corrected chi connectivity index (χ1v) is 8.79. The molecule has 29 heavy (non-hydrogen) atoms. The molecule has 11 nitrogen and oxygen atoms in total. The molecule has 0 aliphatic rings. The molecule has 0 radical (unpaired) electrons. The number of nitrogens with two attached hydrogens (primary N) is 2. The molecule has 0 aliphatic heterocycles. The Hall–Kier alpha value is -3.47. The lowest BCUT2D eigenvalue weighted by atomic mass is 10.1. The van der Waals surface area contributed by atoms with Crippen LogP contribution >= 0.6 is 0 Å².